The lowest BCUT2D eigenvalue weighted by molar-refractivity contribution is 0.362. The van der Waals surface area contributed by atoms with Gasteiger partial charge in [-0.2, -0.15) is 4.37 Å². The normalized spacial score (nSPS) is 17.3. The van der Waals surface area contributed by atoms with Crippen LogP contribution in [0, 0.1) is 5.92 Å². The molecule has 120 valence electrons. The van der Waals surface area contributed by atoms with Crippen LogP contribution < -0.4 is 10.6 Å². The van der Waals surface area contributed by atoms with E-state index < -0.39 is 10.0 Å². The number of anilines is 2. The Morgan fingerprint density at radius 3 is 2.43 bits per heavy atom. The van der Waals surface area contributed by atoms with E-state index in [9.17, 15) is 8.42 Å². The molecule has 0 amide bonds. The zero-order valence-electron chi connectivity index (χ0n) is 12.9. The summed E-state index contributed by atoms with van der Waals surface area (Å²) in [6, 6.07) is 0. The highest BCUT2D eigenvalue weighted by molar-refractivity contribution is 7.89. The predicted octanol–water partition coefficient (Wildman–Crippen LogP) is 1.99. The van der Waals surface area contributed by atoms with Gasteiger partial charge in [-0.1, -0.05) is 19.3 Å². The summed E-state index contributed by atoms with van der Waals surface area (Å²) < 4.78 is 30.1. The Morgan fingerprint density at radius 2 is 1.86 bits per heavy atom. The van der Waals surface area contributed by atoms with Gasteiger partial charge in [-0.3, -0.25) is 0 Å². The van der Waals surface area contributed by atoms with Gasteiger partial charge in [0.2, 0.25) is 10.0 Å². The number of nitrogens with zero attached hydrogens (tertiary/aromatic N) is 3. The highest BCUT2D eigenvalue weighted by Gasteiger charge is 2.30. The quantitative estimate of drug-likeness (QED) is 0.892. The minimum atomic E-state index is -3.57. The summed E-state index contributed by atoms with van der Waals surface area (Å²) in [6.07, 6.45) is 6.29. The van der Waals surface area contributed by atoms with Crippen molar-refractivity contribution in [2.75, 3.05) is 38.3 Å². The molecule has 1 fully saturated rings. The van der Waals surface area contributed by atoms with Crippen LogP contribution in [0.1, 0.15) is 32.1 Å². The molecule has 1 aliphatic carbocycles. The van der Waals surface area contributed by atoms with E-state index in [0.717, 1.165) is 18.1 Å². The van der Waals surface area contributed by atoms with Crippen molar-refractivity contribution in [2.45, 2.75) is 37.0 Å². The van der Waals surface area contributed by atoms with Crippen LogP contribution in [-0.4, -0.2) is 44.8 Å². The standard InChI is InChI=1S/C13H24N4O2S2/c1-16(2)21(18,19)11-12(14)15-20-13(11)17(3)9-10-7-5-4-6-8-10/h10H,4-9H2,1-3H3,(H2,14,15). The van der Waals surface area contributed by atoms with E-state index in [0.29, 0.717) is 10.9 Å². The summed E-state index contributed by atoms with van der Waals surface area (Å²) in [5, 5.41) is 0.645. The molecule has 0 radical (unpaired) electrons. The fourth-order valence-electron chi connectivity index (χ4n) is 2.79. The van der Waals surface area contributed by atoms with E-state index in [1.54, 1.807) is 0 Å². The van der Waals surface area contributed by atoms with Gasteiger partial charge in [-0.15, -0.1) is 0 Å². The van der Waals surface area contributed by atoms with E-state index in [-0.39, 0.29) is 10.7 Å². The predicted molar refractivity (Wildman–Crippen MR) is 87.2 cm³/mol. The van der Waals surface area contributed by atoms with E-state index in [2.05, 4.69) is 4.37 Å². The Kier molecular flexibility index (Phi) is 5.11. The fraction of sp³-hybridized carbons (Fsp3) is 0.769. The summed E-state index contributed by atoms with van der Waals surface area (Å²) in [7, 11) is 1.38. The van der Waals surface area contributed by atoms with Crippen LogP contribution in [0.5, 0.6) is 0 Å². The first kappa shape index (κ1) is 16.5. The minimum absolute atomic E-state index is 0.0965. The van der Waals surface area contributed by atoms with Gasteiger partial charge < -0.3 is 10.6 Å². The number of sulfonamides is 1. The molecule has 1 heterocycles. The van der Waals surface area contributed by atoms with Gasteiger partial charge in [0.1, 0.15) is 5.00 Å². The van der Waals surface area contributed by atoms with Crippen LogP contribution in [0.4, 0.5) is 10.8 Å². The smallest absolute Gasteiger partial charge is 0.249 e. The molecule has 0 aromatic carbocycles. The Balaban J connectivity index is 2.24. The molecule has 8 heteroatoms. The van der Waals surface area contributed by atoms with Gasteiger partial charge in [0.15, 0.2) is 10.7 Å². The van der Waals surface area contributed by atoms with E-state index >= 15 is 0 Å². The SMILES string of the molecule is CN(CC1CCCCC1)c1snc(N)c1S(=O)(=O)N(C)C. The topological polar surface area (TPSA) is 79.5 Å². The van der Waals surface area contributed by atoms with Gasteiger partial charge in [0.05, 0.1) is 0 Å². The van der Waals surface area contributed by atoms with Crippen molar-refractivity contribution in [3.8, 4) is 0 Å². The van der Waals surface area contributed by atoms with E-state index in [4.69, 9.17) is 5.73 Å². The van der Waals surface area contributed by atoms with Gasteiger partial charge in [-0.25, -0.2) is 12.7 Å². The molecule has 0 unspecified atom stereocenters. The third-order valence-electron chi connectivity index (χ3n) is 4.00. The second-order valence-electron chi connectivity index (χ2n) is 5.87. The molecule has 1 aromatic heterocycles. The van der Waals surface area contributed by atoms with E-state index in [1.165, 1.54) is 50.5 Å². The molecule has 2 rings (SSSR count). The third-order valence-corrected chi connectivity index (χ3v) is 6.99. The lowest BCUT2D eigenvalue weighted by Crippen LogP contribution is -2.29. The first-order valence-electron chi connectivity index (χ1n) is 7.23. The van der Waals surface area contributed by atoms with Crippen LogP contribution in [0.3, 0.4) is 0 Å². The average molecular weight is 332 g/mol. The highest BCUT2D eigenvalue weighted by Crippen LogP contribution is 2.36. The van der Waals surface area contributed by atoms with Crippen LogP contribution in [0.15, 0.2) is 4.90 Å². The molecule has 0 saturated heterocycles. The van der Waals surface area contributed by atoms with Crippen molar-refractivity contribution in [2.24, 2.45) is 5.92 Å². The number of rotatable bonds is 5. The van der Waals surface area contributed by atoms with Gasteiger partial charge in [0.25, 0.3) is 0 Å². The van der Waals surface area contributed by atoms with Crippen LogP contribution in [-0.2, 0) is 10.0 Å². The van der Waals surface area contributed by atoms with Crippen molar-refractivity contribution in [1.82, 2.24) is 8.68 Å². The molecule has 1 saturated carbocycles. The molecular formula is C13H24N4O2S2. The maximum absolute atomic E-state index is 12.4. The second-order valence-corrected chi connectivity index (χ2v) is 8.71. The van der Waals surface area contributed by atoms with Crippen LogP contribution in [0.2, 0.25) is 0 Å². The molecule has 21 heavy (non-hydrogen) atoms. The number of hydrogen-bond donors (Lipinski definition) is 1. The Bertz CT molecular complexity index is 577. The summed E-state index contributed by atoms with van der Waals surface area (Å²) >= 11 is 1.16. The third kappa shape index (κ3) is 3.49. The van der Waals surface area contributed by atoms with Crippen molar-refractivity contribution in [3.05, 3.63) is 0 Å². The molecule has 0 bridgehead atoms. The fourth-order valence-corrected chi connectivity index (χ4v) is 5.01. The lowest BCUT2D eigenvalue weighted by atomic mass is 9.89. The molecule has 0 atom stereocenters. The van der Waals surface area contributed by atoms with Crippen molar-refractivity contribution >= 4 is 32.4 Å². The molecule has 0 aliphatic heterocycles. The monoisotopic (exact) mass is 332 g/mol. The number of hydrogen-bond acceptors (Lipinski definition) is 6. The first-order valence-corrected chi connectivity index (χ1v) is 9.44. The minimum Gasteiger partial charge on any atom is -0.382 e. The summed E-state index contributed by atoms with van der Waals surface area (Å²) in [5.41, 5.74) is 5.80. The maximum Gasteiger partial charge on any atom is 0.249 e. The molecule has 1 aromatic rings. The summed E-state index contributed by atoms with van der Waals surface area (Å²) in [4.78, 5) is 2.15. The second kappa shape index (κ2) is 6.50. The first-order chi connectivity index (χ1) is 9.84. The van der Waals surface area contributed by atoms with Gasteiger partial charge in [-0.05, 0) is 30.3 Å². The molecular weight excluding hydrogens is 308 g/mol. The van der Waals surface area contributed by atoms with Crippen molar-refractivity contribution < 1.29 is 8.42 Å². The number of aromatic nitrogens is 1. The Labute approximate surface area is 131 Å². The highest BCUT2D eigenvalue weighted by atomic mass is 32.2. The summed E-state index contributed by atoms with van der Waals surface area (Å²) in [5.74, 6) is 0.723. The van der Waals surface area contributed by atoms with Crippen molar-refractivity contribution in [1.29, 1.82) is 0 Å². The largest absolute Gasteiger partial charge is 0.382 e. The number of nitrogens with two attached hydrogens (primary N) is 1. The van der Waals surface area contributed by atoms with Crippen LogP contribution >= 0.6 is 11.5 Å². The van der Waals surface area contributed by atoms with Crippen molar-refractivity contribution in [3.63, 3.8) is 0 Å². The van der Waals surface area contributed by atoms with Gasteiger partial charge in [0, 0.05) is 27.7 Å². The maximum atomic E-state index is 12.4. The summed E-state index contributed by atoms with van der Waals surface area (Å²) in [6.45, 7) is 0.859. The Morgan fingerprint density at radius 1 is 1.24 bits per heavy atom. The molecule has 1 aliphatic rings. The number of nitrogen functional groups attached to an aromatic ring is 1. The zero-order chi connectivity index (χ0) is 15.6. The molecule has 0 spiro atoms. The van der Waals surface area contributed by atoms with Gasteiger partial charge >= 0.3 is 0 Å². The Hall–Kier alpha value is -0.860. The zero-order valence-corrected chi connectivity index (χ0v) is 14.5. The molecule has 2 N–H and O–H groups in total. The lowest BCUT2D eigenvalue weighted by Gasteiger charge is -2.28. The van der Waals surface area contributed by atoms with E-state index in [1.807, 2.05) is 11.9 Å². The average Bonchev–Trinajstić information content (AvgIpc) is 2.82. The van der Waals surface area contributed by atoms with Crippen LogP contribution in [0.25, 0.3) is 0 Å². The molecule has 6 nitrogen and oxygen atoms in total.